The molecule has 1 aromatic carbocycles. The number of halogens is 2. The summed E-state index contributed by atoms with van der Waals surface area (Å²) >= 11 is 6.20. The van der Waals surface area contributed by atoms with Crippen molar-refractivity contribution in [1.29, 1.82) is 0 Å². The van der Waals surface area contributed by atoms with Gasteiger partial charge in [-0.15, -0.1) is 24.0 Å². The third kappa shape index (κ3) is 4.81. The van der Waals surface area contributed by atoms with Crippen LogP contribution in [0, 0.1) is 5.92 Å². The second-order valence-corrected chi connectivity index (χ2v) is 5.62. The zero-order valence-corrected chi connectivity index (χ0v) is 15.4. The van der Waals surface area contributed by atoms with Crippen LogP contribution in [0.1, 0.15) is 25.8 Å². The van der Waals surface area contributed by atoms with E-state index in [1.807, 2.05) is 18.2 Å². The van der Waals surface area contributed by atoms with Crippen molar-refractivity contribution in [2.24, 2.45) is 10.9 Å². The second kappa shape index (κ2) is 8.08. The molecule has 112 valence electrons. The molecule has 0 bridgehead atoms. The third-order valence-electron chi connectivity index (χ3n) is 3.46. The van der Waals surface area contributed by atoms with E-state index in [-0.39, 0.29) is 24.0 Å². The molecule has 1 aliphatic rings. The topological polar surface area (TPSA) is 27.6 Å². The number of guanidine groups is 1. The van der Waals surface area contributed by atoms with Crippen LogP contribution in [0.15, 0.2) is 29.3 Å². The Kier molecular flexibility index (Phi) is 7.09. The van der Waals surface area contributed by atoms with E-state index < -0.39 is 0 Å². The molecule has 1 aliphatic carbocycles. The Morgan fingerprint density at radius 1 is 1.45 bits per heavy atom. The monoisotopic (exact) mass is 407 g/mol. The van der Waals surface area contributed by atoms with Gasteiger partial charge in [0.25, 0.3) is 0 Å². The lowest BCUT2D eigenvalue weighted by Gasteiger charge is -2.23. The first-order valence-corrected chi connectivity index (χ1v) is 7.25. The largest absolute Gasteiger partial charge is 0.353 e. The van der Waals surface area contributed by atoms with Gasteiger partial charge in [-0.25, -0.2) is 0 Å². The van der Waals surface area contributed by atoms with Crippen LogP contribution in [-0.2, 0) is 6.54 Å². The summed E-state index contributed by atoms with van der Waals surface area (Å²) in [6.45, 7) is 5.87. The zero-order valence-electron chi connectivity index (χ0n) is 12.3. The standard InChI is InChI=1S/C15H22ClN3.HI/c1-4-17-15(18-14-9-11(14)2)19(3)10-12-7-5-6-8-13(12)16;/h5-8,11,14H,4,9-10H2,1-3H3,(H,17,18);1H. The molecule has 0 amide bonds. The van der Waals surface area contributed by atoms with Crippen LogP contribution in [0.3, 0.4) is 0 Å². The summed E-state index contributed by atoms with van der Waals surface area (Å²) in [6.07, 6.45) is 1.24. The van der Waals surface area contributed by atoms with Crippen LogP contribution in [0.4, 0.5) is 0 Å². The molecule has 2 unspecified atom stereocenters. The quantitative estimate of drug-likeness (QED) is 0.467. The molecule has 1 saturated carbocycles. The van der Waals surface area contributed by atoms with Crippen LogP contribution in [-0.4, -0.2) is 30.5 Å². The lowest BCUT2D eigenvalue weighted by atomic mass is 10.2. The molecule has 1 aromatic rings. The number of rotatable bonds is 4. The first kappa shape index (κ1) is 17.6. The van der Waals surface area contributed by atoms with E-state index in [1.54, 1.807) is 0 Å². The van der Waals surface area contributed by atoms with Gasteiger partial charge in [-0.1, -0.05) is 36.7 Å². The SMILES string of the molecule is CCN=C(NC1CC1C)N(C)Cc1ccccc1Cl.I. The molecule has 3 nitrogen and oxygen atoms in total. The maximum Gasteiger partial charge on any atom is 0.194 e. The van der Waals surface area contributed by atoms with E-state index in [2.05, 4.69) is 42.2 Å². The van der Waals surface area contributed by atoms with Gasteiger partial charge in [-0.05, 0) is 30.9 Å². The molecule has 0 aromatic heterocycles. The summed E-state index contributed by atoms with van der Waals surface area (Å²) < 4.78 is 0. The lowest BCUT2D eigenvalue weighted by Crippen LogP contribution is -2.40. The number of hydrogen-bond donors (Lipinski definition) is 1. The Balaban J connectivity index is 0.00000200. The van der Waals surface area contributed by atoms with Crippen molar-refractivity contribution in [1.82, 2.24) is 10.2 Å². The lowest BCUT2D eigenvalue weighted by molar-refractivity contribution is 0.473. The number of hydrogen-bond acceptors (Lipinski definition) is 1. The first-order valence-electron chi connectivity index (χ1n) is 6.87. The number of nitrogens with one attached hydrogen (secondary N) is 1. The maximum absolute atomic E-state index is 6.20. The average Bonchev–Trinajstić information content (AvgIpc) is 3.07. The number of benzene rings is 1. The fraction of sp³-hybridized carbons (Fsp3) is 0.533. The van der Waals surface area contributed by atoms with E-state index in [0.717, 1.165) is 35.6 Å². The highest BCUT2D eigenvalue weighted by Crippen LogP contribution is 2.29. The molecule has 0 radical (unpaired) electrons. The molecular weight excluding hydrogens is 385 g/mol. The van der Waals surface area contributed by atoms with Crippen molar-refractivity contribution in [3.8, 4) is 0 Å². The fourth-order valence-corrected chi connectivity index (χ4v) is 2.27. The third-order valence-corrected chi connectivity index (χ3v) is 3.83. The van der Waals surface area contributed by atoms with E-state index >= 15 is 0 Å². The van der Waals surface area contributed by atoms with Crippen molar-refractivity contribution in [3.63, 3.8) is 0 Å². The molecule has 2 rings (SSSR count). The van der Waals surface area contributed by atoms with Gasteiger partial charge in [0.1, 0.15) is 0 Å². The summed E-state index contributed by atoms with van der Waals surface area (Å²) in [5.74, 6) is 1.73. The molecular formula is C15H23ClIN3. The molecule has 2 atom stereocenters. The van der Waals surface area contributed by atoms with E-state index in [4.69, 9.17) is 11.6 Å². The smallest absolute Gasteiger partial charge is 0.194 e. The number of aliphatic imine (C=N–C) groups is 1. The van der Waals surface area contributed by atoms with Crippen LogP contribution in [0.5, 0.6) is 0 Å². The Bertz CT molecular complexity index is 464. The summed E-state index contributed by atoms with van der Waals surface area (Å²) in [5.41, 5.74) is 1.13. The molecule has 20 heavy (non-hydrogen) atoms. The van der Waals surface area contributed by atoms with Crippen molar-refractivity contribution >= 4 is 41.5 Å². The molecule has 0 spiro atoms. The van der Waals surface area contributed by atoms with Crippen molar-refractivity contribution in [2.75, 3.05) is 13.6 Å². The number of nitrogens with zero attached hydrogens (tertiary/aromatic N) is 2. The molecule has 0 aliphatic heterocycles. The molecule has 0 saturated heterocycles. The average molecular weight is 408 g/mol. The van der Waals surface area contributed by atoms with Crippen LogP contribution in [0.2, 0.25) is 5.02 Å². The van der Waals surface area contributed by atoms with Gasteiger partial charge < -0.3 is 10.2 Å². The first-order chi connectivity index (χ1) is 9.11. The van der Waals surface area contributed by atoms with E-state index in [0.29, 0.717) is 6.04 Å². The van der Waals surface area contributed by atoms with Crippen molar-refractivity contribution in [3.05, 3.63) is 34.9 Å². The van der Waals surface area contributed by atoms with Gasteiger partial charge in [0, 0.05) is 31.2 Å². The van der Waals surface area contributed by atoms with Crippen LogP contribution in [0.25, 0.3) is 0 Å². The predicted octanol–water partition coefficient (Wildman–Crippen LogP) is 3.76. The van der Waals surface area contributed by atoms with Gasteiger partial charge >= 0.3 is 0 Å². The van der Waals surface area contributed by atoms with Gasteiger partial charge in [0.05, 0.1) is 0 Å². The molecule has 1 N–H and O–H groups in total. The van der Waals surface area contributed by atoms with Gasteiger partial charge in [0.2, 0.25) is 0 Å². The molecule has 1 fully saturated rings. The second-order valence-electron chi connectivity index (χ2n) is 5.21. The minimum Gasteiger partial charge on any atom is -0.353 e. The highest BCUT2D eigenvalue weighted by Gasteiger charge is 2.33. The summed E-state index contributed by atoms with van der Waals surface area (Å²) in [6, 6.07) is 8.54. The highest BCUT2D eigenvalue weighted by atomic mass is 127. The van der Waals surface area contributed by atoms with E-state index in [9.17, 15) is 0 Å². The van der Waals surface area contributed by atoms with Gasteiger partial charge in [-0.2, -0.15) is 0 Å². The minimum absolute atomic E-state index is 0. The molecule has 0 heterocycles. The Labute approximate surface area is 143 Å². The van der Waals surface area contributed by atoms with Crippen molar-refractivity contribution in [2.45, 2.75) is 32.9 Å². The molecule has 5 heteroatoms. The Morgan fingerprint density at radius 3 is 2.65 bits per heavy atom. The van der Waals surface area contributed by atoms with Gasteiger partial charge in [-0.3, -0.25) is 4.99 Å². The van der Waals surface area contributed by atoms with E-state index in [1.165, 1.54) is 6.42 Å². The predicted molar refractivity (Wildman–Crippen MR) is 97.0 cm³/mol. The summed E-state index contributed by atoms with van der Waals surface area (Å²) in [4.78, 5) is 6.69. The fourth-order valence-electron chi connectivity index (χ4n) is 2.07. The van der Waals surface area contributed by atoms with Crippen LogP contribution >= 0.6 is 35.6 Å². The maximum atomic E-state index is 6.20. The minimum atomic E-state index is 0. The van der Waals surface area contributed by atoms with Gasteiger partial charge in [0.15, 0.2) is 5.96 Å². The highest BCUT2D eigenvalue weighted by molar-refractivity contribution is 14.0. The normalized spacial score (nSPS) is 21.1. The zero-order chi connectivity index (χ0) is 13.8. The van der Waals surface area contributed by atoms with Crippen LogP contribution < -0.4 is 5.32 Å². The summed E-state index contributed by atoms with van der Waals surface area (Å²) in [5, 5.41) is 4.32. The summed E-state index contributed by atoms with van der Waals surface area (Å²) in [7, 11) is 2.05. The van der Waals surface area contributed by atoms with Crippen molar-refractivity contribution < 1.29 is 0 Å². The Hall–Kier alpha value is -0.490. The Morgan fingerprint density at radius 2 is 2.10 bits per heavy atom.